The highest BCUT2D eigenvalue weighted by molar-refractivity contribution is 5.82. The number of hydrogen-bond acceptors (Lipinski definition) is 8. The molecule has 4 aromatic heterocycles. The monoisotopic (exact) mass is 437 g/mol. The second-order valence-electron chi connectivity index (χ2n) is 7.43. The van der Waals surface area contributed by atoms with Gasteiger partial charge in [-0.15, -0.1) is 5.10 Å². The third kappa shape index (κ3) is 3.91. The van der Waals surface area contributed by atoms with Crippen molar-refractivity contribution in [1.29, 1.82) is 5.26 Å². The van der Waals surface area contributed by atoms with E-state index < -0.39 is 0 Å². The van der Waals surface area contributed by atoms with E-state index in [-0.39, 0.29) is 12.4 Å². The van der Waals surface area contributed by atoms with Gasteiger partial charge in [-0.2, -0.15) is 10.4 Å². The Morgan fingerprint density at radius 2 is 2.03 bits per heavy atom. The van der Waals surface area contributed by atoms with E-state index in [4.69, 9.17) is 9.40 Å². The number of aliphatic hydroxyl groups excluding tert-OH is 1. The minimum absolute atomic E-state index is 0.0249. The minimum atomic E-state index is -0.0249. The number of aromatic nitrogens is 5. The third-order valence-electron chi connectivity index (χ3n) is 5.23. The number of rotatable bonds is 6. The number of pyridine rings is 1. The topological polar surface area (TPSA) is 126 Å². The number of imidazole rings is 1. The second-order valence-corrected chi connectivity index (χ2v) is 7.43. The summed E-state index contributed by atoms with van der Waals surface area (Å²) in [6.45, 7) is 1.86. The smallest absolute Gasteiger partial charge is 0.212 e. The molecule has 162 valence electrons. The molecule has 0 aliphatic rings. The van der Waals surface area contributed by atoms with E-state index in [1.807, 2.05) is 54.0 Å². The molecule has 0 radical (unpaired) electrons. The Bertz CT molecular complexity index is 1480. The standard InChI is InChI=1S/C24H19N7O2/c1-15-2-6-22(30-29-15)27-17-4-5-20-19(12-17)26-14-31(20)23-7-3-16(8-10-32)24(28-23)18-9-11-33-21(18)13-25/h2-7,9,11-12,14,32H,8,10H2,1H3,(H,27,30). The number of furan rings is 1. The fourth-order valence-electron chi connectivity index (χ4n) is 3.64. The number of hydrogen-bond donors (Lipinski definition) is 2. The molecular formula is C24H19N7O2. The Morgan fingerprint density at radius 3 is 2.82 bits per heavy atom. The second kappa shape index (κ2) is 8.53. The van der Waals surface area contributed by atoms with Crippen LogP contribution >= 0.6 is 0 Å². The van der Waals surface area contributed by atoms with Gasteiger partial charge >= 0.3 is 0 Å². The Labute approximate surface area is 189 Å². The van der Waals surface area contributed by atoms with Crippen LogP contribution in [-0.4, -0.2) is 36.4 Å². The number of benzene rings is 1. The van der Waals surface area contributed by atoms with Gasteiger partial charge in [-0.1, -0.05) is 6.07 Å². The molecule has 4 heterocycles. The third-order valence-corrected chi connectivity index (χ3v) is 5.23. The molecular weight excluding hydrogens is 418 g/mol. The average Bonchev–Trinajstić information content (AvgIpc) is 3.48. The van der Waals surface area contributed by atoms with Crippen LogP contribution in [0.2, 0.25) is 0 Å². The molecule has 5 rings (SSSR count). The van der Waals surface area contributed by atoms with Gasteiger partial charge in [-0.25, -0.2) is 9.97 Å². The summed E-state index contributed by atoms with van der Waals surface area (Å²) >= 11 is 0. The largest absolute Gasteiger partial charge is 0.453 e. The van der Waals surface area contributed by atoms with Crippen molar-refractivity contribution in [2.75, 3.05) is 11.9 Å². The molecule has 1 aromatic carbocycles. The van der Waals surface area contributed by atoms with Crippen LogP contribution in [0.1, 0.15) is 17.0 Å². The highest BCUT2D eigenvalue weighted by atomic mass is 16.3. The van der Waals surface area contributed by atoms with Crippen LogP contribution in [0.4, 0.5) is 11.5 Å². The summed E-state index contributed by atoms with van der Waals surface area (Å²) in [5.41, 5.74) is 5.37. The fourth-order valence-corrected chi connectivity index (χ4v) is 3.64. The van der Waals surface area contributed by atoms with Crippen molar-refractivity contribution in [3.05, 3.63) is 78.1 Å². The summed E-state index contributed by atoms with van der Waals surface area (Å²) in [4.78, 5) is 9.33. The quantitative estimate of drug-likeness (QED) is 0.409. The van der Waals surface area contributed by atoms with Gasteiger partial charge in [-0.05, 0) is 61.4 Å². The summed E-state index contributed by atoms with van der Waals surface area (Å²) in [6.07, 6.45) is 3.59. The first-order chi connectivity index (χ1) is 16.2. The van der Waals surface area contributed by atoms with E-state index in [9.17, 15) is 10.4 Å². The van der Waals surface area contributed by atoms with Crippen LogP contribution in [0.15, 0.2) is 65.5 Å². The van der Waals surface area contributed by atoms with Crippen molar-refractivity contribution >= 4 is 22.5 Å². The van der Waals surface area contributed by atoms with E-state index in [1.165, 1.54) is 6.26 Å². The van der Waals surface area contributed by atoms with Crippen molar-refractivity contribution in [2.45, 2.75) is 13.3 Å². The molecule has 5 aromatic rings. The zero-order valence-corrected chi connectivity index (χ0v) is 17.7. The van der Waals surface area contributed by atoms with Crippen LogP contribution < -0.4 is 5.32 Å². The first kappa shape index (κ1) is 20.4. The lowest BCUT2D eigenvalue weighted by atomic mass is 10.0. The molecule has 9 nitrogen and oxygen atoms in total. The predicted molar refractivity (Wildman–Crippen MR) is 122 cm³/mol. The van der Waals surface area contributed by atoms with Gasteiger partial charge in [0.2, 0.25) is 5.76 Å². The highest BCUT2D eigenvalue weighted by Crippen LogP contribution is 2.29. The zero-order valence-electron chi connectivity index (χ0n) is 17.7. The van der Waals surface area contributed by atoms with Gasteiger partial charge < -0.3 is 14.8 Å². The minimum Gasteiger partial charge on any atom is -0.453 e. The van der Waals surface area contributed by atoms with Crippen LogP contribution in [-0.2, 0) is 6.42 Å². The normalized spacial score (nSPS) is 10.9. The molecule has 0 aliphatic carbocycles. The molecule has 2 N–H and O–H groups in total. The van der Waals surface area contributed by atoms with E-state index in [1.54, 1.807) is 12.4 Å². The summed E-state index contributed by atoms with van der Waals surface area (Å²) in [7, 11) is 0. The summed E-state index contributed by atoms with van der Waals surface area (Å²) < 4.78 is 7.15. The van der Waals surface area contributed by atoms with E-state index in [0.717, 1.165) is 28.0 Å². The molecule has 0 spiro atoms. The van der Waals surface area contributed by atoms with E-state index in [0.29, 0.717) is 29.3 Å². The molecule has 0 fully saturated rings. The molecule has 0 saturated carbocycles. The van der Waals surface area contributed by atoms with Crippen LogP contribution in [0.25, 0.3) is 28.1 Å². The molecule has 0 unspecified atom stereocenters. The Balaban J connectivity index is 1.53. The van der Waals surface area contributed by atoms with Crippen molar-refractivity contribution in [3.8, 4) is 23.1 Å². The van der Waals surface area contributed by atoms with Gasteiger partial charge in [0.1, 0.15) is 18.2 Å². The maximum absolute atomic E-state index is 9.46. The Hall–Kier alpha value is -4.55. The van der Waals surface area contributed by atoms with Crippen molar-refractivity contribution in [1.82, 2.24) is 24.7 Å². The first-order valence-electron chi connectivity index (χ1n) is 10.3. The van der Waals surface area contributed by atoms with Crippen molar-refractivity contribution in [3.63, 3.8) is 0 Å². The van der Waals surface area contributed by atoms with E-state index >= 15 is 0 Å². The Kier molecular flexibility index (Phi) is 5.26. The number of fused-ring (bicyclic) bond motifs is 1. The maximum atomic E-state index is 9.46. The maximum Gasteiger partial charge on any atom is 0.212 e. The molecule has 0 saturated heterocycles. The van der Waals surface area contributed by atoms with Crippen LogP contribution in [0.5, 0.6) is 0 Å². The lowest BCUT2D eigenvalue weighted by Gasteiger charge is -2.11. The molecule has 0 bridgehead atoms. The summed E-state index contributed by atoms with van der Waals surface area (Å²) in [5.74, 6) is 1.48. The highest BCUT2D eigenvalue weighted by Gasteiger charge is 2.16. The van der Waals surface area contributed by atoms with Gasteiger partial charge in [0.15, 0.2) is 5.82 Å². The fraction of sp³-hybridized carbons (Fsp3) is 0.125. The molecule has 9 heteroatoms. The van der Waals surface area contributed by atoms with Crippen LogP contribution in [0.3, 0.4) is 0 Å². The zero-order chi connectivity index (χ0) is 22.8. The molecule has 0 aliphatic heterocycles. The van der Waals surface area contributed by atoms with Gasteiger partial charge in [0, 0.05) is 12.3 Å². The van der Waals surface area contributed by atoms with Crippen molar-refractivity contribution < 1.29 is 9.52 Å². The predicted octanol–water partition coefficient (Wildman–Crippen LogP) is 3.93. The van der Waals surface area contributed by atoms with Crippen molar-refractivity contribution in [2.24, 2.45) is 0 Å². The number of anilines is 2. The summed E-state index contributed by atoms with van der Waals surface area (Å²) in [5, 5.41) is 30.3. The Morgan fingerprint density at radius 1 is 1.12 bits per heavy atom. The number of nitriles is 1. The number of aliphatic hydroxyl groups is 1. The van der Waals surface area contributed by atoms with E-state index in [2.05, 4.69) is 26.6 Å². The SMILES string of the molecule is Cc1ccc(Nc2ccc3c(c2)ncn3-c2ccc(CCO)c(-c3ccoc3C#N)n2)nn1. The summed E-state index contributed by atoms with van der Waals surface area (Å²) in [6, 6.07) is 17.1. The number of aryl methyl sites for hydroxylation is 1. The number of nitrogens with zero attached hydrogens (tertiary/aromatic N) is 6. The van der Waals surface area contributed by atoms with Gasteiger partial charge in [-0.3, -0.25) is 4.57 Å². The van der Waals surface area contributed by atoms with Gasteiger partial charge in [0.05, 0.1) is 34.2 Å². The number of nitrogens with one attached hydrogen (secondary N) is 1. The van der Waals surface area contributed by atoms with Gasteiger partial charge in [0.25, 0.3) is 0 Å². The molecule has 0 atom stereocenters. The van der Waals surface area contributed by atoms with Crippen LogP contribution in [0, 0.1) is 18.3 Å². The lowest BCUT2D eigenvalue weighted by molar-refractivity contribution is 0.299. The first-order valence-corrected chi connectivity index (χ1v) is 10.3. The average molecular weight is 437 g/mol. The molecule has 33 heavy (non-hydrogen) atoms. The molecule has 0 amide bonds. The lowest BCUT2D eigenvalue weighted by Crippen LogP contribution is -2.03.